The van der Waals surface area contributed by atoms with E-state index in [4.69, 9.17) is 10.5 Å². The molecule has 33 heavy (non-hydrogen) atoms. The summed E-state index contributed by atoms with van der Waals surface area (Å²) < 4.78 is 46.1. The van der Waals surface area contributed by atoms with Crippen molar-refractivity contribution < 1.29 is 22.7 Å². The van der Waals surface area contributed by atoms with Crippen LogP contribution in [0.3, 0.4) is 0 Å². The number of primary amides is 1. The van der Waals surface area contributed by atoms with Gasteiger partial charge in [-0.05, 0) is 48.0 Å². The molecule has 0 aliphatic carbocycles. The molecule has 2 N–H and O–H groups in total. The van der Waals surface area contributed by atoms with Crippen LogP contribution in [0.4, 0.5) is 13.2 Å². The smallest absolute Gasteiger partial charge is 0.416 e. The third kappa shape index (κ3) is 4.90. The number of carbonyl (C=O) groups is 1. The van der Waals surface area contributed by atoms with E-state index in [9.17, 15) is 22.8 Å². The van der Waals surface area contributed by atoms with E-state index in [0.717, 1.165) is 17.7 Å². The number of para-hydroxylation sites is 1. The highest BCUT2D eigenvalue weighted by molar-refractivity contribution is 5.86. The molecule has 0 aliphatic heterocycles. The molecule has 168 valence electrons. The largest absolute Gasteiger partial charge is 0.457 e. The van der Waals surface area contributed by atoms with E-state index in [2.05, 4.69) is 0 Å². The van der Waals surface area contributed by atoms with E-state index in [1.54, 1.807) is 35.0 Å². The van der Waals surface area contributed by atoms with Crippen LogP contribution in [0.2, 0.25) is 0 Å². The Morgan fingerprint density at radius 3 is 2.39 bits per heavy atom. The van der Waals surface area contributed by atoms with Crippen molar-refractivity contribution in [2.75, 3.05) is 0 Å². The van der Waals surface area contributed by atoms with Crippen molar-refractivity contribution in [1.82, 2.24) is 4.57 Å². The molecular formula is C25H19F3N2O3. The summed E-state index contributed by atoms with van der Waals surface area (Å²) in [5, 5.41) is 0.492. The van der Waals surface area contributed by atoms with Gasteiger partial charge >= 0.3 is 6.18 Å². The van der Waals surface area contributed by atoms with E-state index in [1.807, 2.05) is 18.2 Å². The van der Waals surface area contributed by atoms with Gasteiger partial charge in [0.2, 0.25) is 5.91 Å². The van der Waals surface area contributed by atoms with Gasteiger partial charge in [-0.3, -0.25) is 9.59 Å². The lowest BCUT2D eigenvalue weighted by Crippen LogP contribution is -2.15. The van der Waals surface area contributed by atoms with Crippen LogP contribution >= 0.6 is 0 Å². The Labute approximate surface area is 186 Å². The minimum Gasteiger partial charge on any atom is -0.457 e. The van der Waals surface area contributed by atoms with E-state index < -0.39 is 17.6 Å². The number of nitrogens with zero attached hydrogens (tertiary/aromatic N) is 1. The van der Waals surface area contributed by atoms with Crippen molar-refractivity contribution in [2.24, 2.45) is 5.73 Å². The number of halogens is 3. The van der Waals surface area contributed by atoms with Crippen LogP contribution in [0.1, 0.15) is 12.0 Å². The van der Waals surface area contributed by atoms with E-state index >= 15 is 0 Å². The Morgan fingerprint density at radius 1 is 0.970 bits per heavy atom. The number of benzene rings is 3. The zero-order valence-electron chi connectivity index (χ0n) is 17.3. The summed E-state index contributed by atoms with van der Waals surface area (Å²) in [6, 6.07) is 18.3. The van der Waals surface area contributed by atoms with Crippen LogP contribution in [-0.4, -0.2) is 10.5 Å². The third-order valence-electron chi connectivity index (χ3n) is 5.19. The summed E-state index contributed by atoms with van der Waals surface area (Å²) in [7, 11) is 0. The van der Waals surface area contributed by atoms with Crippen LogP contribution in [0.15, 0.2) is 83.8 Å². The molecule has 0 unspecified atom stereocenters. The van der Waals surface area contributed by atoms with Gasteiger partial charge in [0.15, 0.2) is 5.43 Å². The molecule has 1 amide bonds. The molecule has 0 spiro atoms. The number of amides is 1. The predicted octanol–water partition coefficient (Wildman–Crippen LogP) is 5.36. The zero-order valence-corrected chi connectivity index (χ0v) is 17.3. The number of hydrogen-bond donors (Lipinski definition) is 1. The van der Waals surface area contributed by atoms with Crippen LogP contribution in [0, 0.1) is 0 Å². The fraction of sp³-hybridized carbons (Fsp3) is 0.120. The second kappa shape index (κ2) is 8.82. The number of hydrogen-bond acceptors (Lipinski definition) is 3. The molecule has 0 fully saturated rings. The van der Waals surface area contributed by atoms with Gasteiger partial charge in [-0.2, -0.15) is 13.2 Å². The molecule has 4 rings (SSSR count). The topological polar surface area (TPSA) is 74.3 Å². The summed E-state index contributed by atoms with van der Waals surface area (Å²) in [4.78, 5) is 23.5. The van der Waals surface area contributed by atoms with Gasteiger partial charge in [-0.25, -0.2) is 0 Å². The highest BCUT2D eigenvalue weighted by Crippen LogP contribution is 2.36. The minimum atomic E-state index is -4.42. The number of rotatable bonds is 6. The highest BCUT2D eigenvalue weighted by atomic mass is 19.4. The highest BCUT2D eigenvalue weighted by Gasteiger charge is 2.30. The van der Waals surface area contributed by atoms with Gasteiger partial charge in [0.25, 0.3) is 0 Å². The SMILES string of the molecule is NC(=O)CCn1ccc(=O)c2ccc(-c3ccccc3Oc3ccc(C(F)(F)F)cc3)cc21. The van der Waals surface area contributed by atoms with Crippen molar-refractivity contribution in [1.29, 1.82) is 0 Å². The molecule has 0 bridgehead atoms. The molecule has 0 radical (unpaired) electrons. The van der Waals surface area contributed by atoms with Crippen LogP contribution in [0.25, 0.3) is 22.0 Å². The number of fused-ring (bicyclic) bond motifs is 1. The Balaban J connectivity index is 1.72. The number of ether oxygens (including phenoxy) is 1. The van der Waals surface area contributed by atoms with Gasteiger partial charge in [0.1, 0.15) is 11.5 Å². The number of carbonyl (C=O) groups excluding carboxylic acids is 1. The van der Waals surface area contributed by atoms with Gasteiger partial charge in [-0.15, -0.1) is 0 Å². The first-order valence-electron chi connectivity index (χ1n) is 10.1. The van der Waals surface area contributed by atoms with E-state index in [0.29, 0.717) is 28.8 Å². The Kier molecular flexibility index (Phi) is 5.91. The van der Waals surface area contributed by atoms with Gasteiger partial charge in [0.05, 0.1) is 11.1 Å². The lowest BCUT2D eigenvalue weighted by molar-refractivity contribution is -0.137. The lowest BCUT2D eigenvalue weighted by atomic mass is 10.0. The average molecular weight is 452 g/mol. The fourth-order valence-corrected chi connectivity index (χ4v) is 3.53. The number of aromatic nitrogens is 1. The van der Waals surface area contributed by atoms with Gasteiger partial charge in [0, 0.05) is 36.2 Å². The van der Waals surface area contributed by atoms with Crippen LogP contribution in [0.5, 0.6) is 11.5 Å². The van der Waals surface area contributed by atoms with Crippen molar-refractivity contribution in [3.63, 3.8) is 0 Å². The first-order chi connectivity index (χ1) is 15.7. The number of pyridine rings is 1. The molecule has 0 saturated carbocycles. The molecule has 0 saturated heterocycles. The first-order valence-corrected chi connectivity index (χ1v) is 10.1. The Morgan fingerprint density at radius 2 is 1.70 bits per heavy atom. The molecule has 3 aromatic carbocycles. The molecule has 0 atom stereocenters. The number of alkyl halides is 3. The molecule has 4 aromatic rings. The second-order valence-corrected chi connectivity index (χ2v) is 7.44. The Bertz CT molecular complexity index is 1380. The lowest BCUT2D eigenvalue weighted by Gasteiger charge is -2.14. The predicted molar refractivity (Wildman–Crippen MR) is 119 cm³/mol. The maximum Gasteiger partial charge on any atom is 0.416 e. The maximum atomic E-state index is 12.8. The third-order valence-corrected chi connectivity index (χ3v) is 5.19. The van der Waals surface area contributed by atoms with Crippen LogP contribution in [-0.2, 0) is 17.5 Å². The molecule has 5 nitrogen and oxygen atoms in total. The zero-order chi connectivity index (χ0) is 23.6. The molecule has 8 heteroatoms. The molecular weight excluding hydrogens is 433 g/mol. The van der Waals surface area contributed by atoms with Gasteiger partial charge < -0.3 is 15.0 Å². The van der Waals surface area contributed by atoms with Crippen molar-refractivity contribution >= 4 is 16.8 Å². The maximum absolute atomic E-state index is 12.8. The van der Waals surface area contributed by atoms with E-state index in [-0.39, 0.29) is 17.6 Å². The summed E-state index contributed by atoms with van der Waals surface area (Å²) in [5.74, 6) is 0.251. The summed E-state index contributed by atoms with van der Waals surface area (Å²) in [5.41, 5.74) is 6.42. The standard InChI is InChI=1S/C25H19F3N2O3/c26-25(27,28)17-6-8-18(9-7-17)33-23-4-2-1-3-19(23)16-5-10-20-21(15-16)30(13-11-22(20)31)14-12-24(29)32/h1-11,13,15H,12,14H2,(H2,29,32). The average Bonchev–Trinajstić information content (AvgIpc) is 2.78. The van der Waals surface area contributed by atoms with E-state index in [1.165, 1.54) is 18.2 Å². The Hall–Kier alpha value is -4.07. The summed E-state index contributed by atoms with van der Waals surface area (Å²) >= 11 is 0. The fourth-order valence-electron chi connectivity index (χ4n) is 3.53. The van der Waals surface area contributed by atoms with Gasteiger partial charge in [-0.1, -0.05) is 24.3 Å². The van der Waals surface area contributed by atoms with Crippen molar-refractivity contribution in [2.45, 2.75) is 19.1 Å². The minimum absolute atomic E-state index is 0.121. The molecule has 1 heterocycles. The van der Waals surface area contributed by atoms with Crippen molar-refractivity contribution in [3.8, 4) is 22.6 Å². The number of nitrogens with two attached hydrogens (primary N) is 1. The summed E-state index contributed by atoms with van der Waals surface area (Å²) in [6.45, 7) is 0.319. The quantitative estimate of drug-likeness (QED) is 0.428. The molecule has 1 aromatic heterocycles. The van der Waals surface area contributed by atoms with Crippen LogP contribution < -0.4 is 15.9 Å². The molecule has 0 aliphatic rings. The van der Waals surface area contributed by atoms with Crippen molar-refractivity contribution in [3.05, 3.63) is 94.8 Å². The summed E-state index contributed by atoms with van der Waals surface area (Å²) in [6.07, 6.45) is -2.69. The number of aryl methyl sites for hydroxylation is 1. The first kappa shape index (κ1) is 22.1. The normalized spacial score (nSPS) is 11.5. The monoisotopic (exact) mass is 452 g/mol. The second-order valence-electron chi connectivity index (χ2n) is 7.44.